The highest BCUT2D eigenvalue weighted by atomic mass is 16.7. The summed E-state index contributed by atoms with van der Waals surface area (Å²) < 4.78 is 11.3. The number of fused-ring (bicyclic) bond motifs is 1. The fraction of sp³-hybridized carbons (Fsp3) is 0.333. The molecule has 2 aliphatic rings. The minimum atomic E-state index is -0.639. The Labute approximate surface area is 112 Å². The van der Waals surface area contributed by atoms with Crippen molar-refractivity contribution in [3.63, 3.8) is 0 Å². The molecule has 1 aliphatic heterocycles. The second kappa shape index (κ2) is 5.17. The Morgan fingerprint density at radius 3 is 3.11 bits per heavy atom. The smallest absolute Gasteiger partial charge is 0.191 e. The van der Waals surface area contributed by atoms with Crippen LogP contribution in [0.1, 0.15) is 5.56 Å². The van der Waals surface area contributed by atoms with Crippen molar-refractivity contribution < 1.29 is 14.6 Å². The van der Waals surface area contributed by atoms with Gasteiger partial charge in [0.15, 0.2) is 12.5 Å². The Balaban J connectivity index is 1.88. The van der Waals surface area contributed by atoms with E-state index < -0.39 is 5.72 Å². The molecule has 0 aromatic heterocycles. The van der Waals surface area contributed by atoms with Crippen LogP contribution < -0.4 is 5.32 Å². The molecule has 0 amide bonds. The predicted octanol–water partition coefficient (Wildman–Crippen LogP) is 1.83. The van der Waals surface area contributed by atoms with Crippen LogP contribution in [0.15, 0.2) is 48.6 Å². The summed E-state index contributed by atoms with van der Waals surface area (Å²) in [5, 5.41) is 12.5. The molecular weight excluding hydrogens is 242 g/mol. The van der Waals surface area contributed by atoms with E-state index in [1.54, 1.807) is 0 Å². The Kier molecular flexibility index (Phi) is 3.38. The molecule has 1 heterocycles. The average molecular weight is 259 g/mol. The summed E-state index contributed by atoms with van der Waals surface area (Å²) in [7, 11) is 0. The third-order valence-electron chi connectivity index (χ3n) is 3.44. The maximum absolute atomic E-state index is 9.13. The molecule has 100 valence electrons. The molecule has 1 aliphatic carbocycles. The standard InChI is InChI=1S/C15H17NO3/c17-10-8-12-5-1-2-6-13(12)16-15-9-4-3-7-14(15)18-11-19-15/h1-7,9,14,16-17H,8,10-11H2. The van der Waals surface area contributed by atoms with Gasteiger partial charge in [0.2, 0.25) is 0 Å². The van der Waals surface area contributed by atoms with Gasteiger partial charge in [-0.05, 0) is 24.1 Å². The summed E-state index contributed by atoms with van der Waals surface area (Å²) in [5.41, 5.74) is 1.39. The van der Waals surface area contributed by atoms with Crippen LogP contribution in [0.2, 0.25) is 0 Å². The fourth-order valence-corrected chi connectivity index (χ4v) is 2.46. The highest BCUT2D eigenvalue weighted by molar-refractivity contribution is 5.55. The normalized spacial score (nSPS) is 28.4. The van der Waals surface area contributed by atoms with Crippen LogP contribution in [0.5, 0.6) is 0 Å². The van der Waals surface area contributed by atoms with Gasteiger partial charge in [-0.1, -0.05) is 36.4 Å². The number of para-hydroxylation sites is 1. The molecule has 0 radical (unpaired) electrons. The molecule has 1 aromatic carbocycles. The van der Waals surface area contributed by atoms with E-state index in [0.717, 1.165) is 11.3 Å². The van der Waals surface area contributed by atoms with Crippen LogP contribution in [0.3, 0.4) is 0 Å². The van der Waals surface area contributed by atoms with Gasteiger partial charge in [0.25, 0.3) is 0 Å². The van der Waals surface area contributed by atoms with Crippen molar-refractivity contribution in [2.75, 3.05) is 18.7 Å². The number of aliphatic hydroxyl groups excluding tert-OH is 1. The Bertz CT molecular complexity index is 512. The molecule has 19 heavy (non-hydrogen) atoms. The molecule has 2 unspecified atom stereocenters. The minimum absolute atomic E-state index is 0.125. The minimum Gasteiger partial charge on any atom is -0.396 e. The van der Waals surface area contributed by atoms with E-state index in [1.165, 1.54) is 0 Å². The molecule has 4 nitrogen and oxygen atoms in total. The highest BCUT2D eigenvalue weighted by Crippen LogP contribution is 2.33. The lowest BCUT2D eigenvalue weighted by molar-refractivity contribution is 0.0286. The summed E-state index contributed by atoms with van der Waals surface area (Å²) in [6.07, 6.45) is 8.35. The lowest BCUT2D eigenvalue weighted by Gasteiger charge is -2.32. The molecule has 0 bridgehead atoms. The molecular formula is C15H17NO3. The molecule has 2 atom stereocenters. The summed E-state index contributed by atoms with van der Waals surface area (Å²) in [5.74, 6) is 0. The summed E-state index contributed by atoms with van der Waals surface area (Å²) in [6, 6.07) is 7.92. The van der Waals surface area contributed by atoms with Gasteiger partial charge < -0.3 is 19.9 Å². The van der Waals surface area contributed by atoms with Crippen molar-refractivity contribution in [1.82, 2.24) is 0 Å². The quantitative estimate of drug-likeness (QED) is 0.866. The van der Waals surface area contributed by atoms with Gasteiger partial charge in [-0.3, -0.25) is 0 Å². The zero-order valence-corrected chi connectivity index (χ0v) is 10.6. The van der Waals surface area contributed by atoms with Crippen molar-refractivity contribution in [3.8, 4) is 0 Å². The van der Waals surface area contributed by atoms with Gasteiger partial charge >= 0.3 is 0 Å². The van der Waals surface area contributed by atoms with Crippen LogP contribution in [-0.2, 0) is 15.9 Å². The molecule has 3 rings (SSSR count). The van der Waals surface area contributed by atoms with Crippen LogP contribution in [-0.4, -0.2) is 30.3 Å². The van der Waals surface area contributed by atoms with Crippen LogP contribution in [0.4, 0.5) is 5.69 Å². The van der Waals surface area contributed by atoms with E-state index in [-0.39, 0.29) is 19.5 Å². The topological polar surface area (TPSA) is 50.7 Å². The predicted molar refractivity (Wildman–Crippen MR) is 72.7 cm³/mol. The summed E-state index contributed by atoms with van der Waals surface area (Å²) in [4.78, 5) is 0. The number of ether oxygens (including phenoxy) is 2. The number of benzene rings is 1. The number of hydrogen-bond donors (Lipinski definition) is 2. The van der Waals surface area contributed by atoms with E-state index in [1.807, 2.05) is 48.6 Å². The maximum Gasteiger partial charge on any atom is 0.191 e. The van der Waals surface area contributed by atoms with Crippen molar-refractivity contribution in [3.05, 3.63) is 54.1 Å². The van der Waals surface area contributed by atoms with E-state index >= 15 is 0 Å². The molecule has 2 N–H and O–H groups in total. The Hall–Kier alpha value is -1.62. The number of allylic oxidation sites excluding steroid dienone is 2. The third kappa shape index (κ3) is 2.30. The lowest BCUT2D eigenvalue weighted by atomic mass is 9.99. The number of anilines is 1. The fourth-order valence-electron chi connectivity index (χ4n) is 2.46. The van der Waals surface area contributed by atoms with Gasteiger partial charge in [0.05, 0.1) is 0 Å². The van der Waals surface area contributed by atoms with Crippen LogP contribution in [0, 0.1) is 0 Å². The summed E-state index contributed by atoms with van der Waals surface area (Å²) >= 11 is 0. The monoisotopic (exact) mass is 259 g/mol. The van der Waals surface area contributed by atoms with Crippen LogP contribution in [0.25, 0.3) is 0 Å². The van der Waals surface area contributed by atoms with E-state index in [2.05, 4.69) is 5.32 Å². The highest BCUT2D eigenvalue weighted by Gasteiger charge is 2.43. The first-order valence-electron chi connectivity index (χ1n) is 6.42. The van der Waals surface area contributed by atoms with Gasteiger partial charge in [-0.25, -0.2) is 0 Å². The first-order valence-corrected chi connectivity index (χ1v) is 6.42. The maximum atomic E-state index is 9.13. The first kappa shape index (κ1) is 12.4. The second-order valence-corrected chi connectivity index (χ2v) is 4.64. The van der Waals surface area contributed by atoms with E-state index in [4.69, 9.17) is 14.6 Å². The first-order chi connectivity index (χ1) is 9.34. The number of nitrogens with one attached hydrogen (secondary N) is 1. The summed E-state index contributed by atoms with van der Waals surface area (Å²) in [6.45, 7) is 0.400. The SMILES string of the molecule is OCCc1ccccc1NC12C=CC=CC1OCO2. The number of hydrogen-bond acceptors (Lipinski definition) is 4. The average Bonchev–Trinajstić information content (AvgIpc) is 2.85. The van der Waals surface area contributed by atoms with Gasteiger partial charge in [-0.2, -0.15) is 0 Å². The largest absolute Gasteiger partial charge is 0.396 e. The van der Waals surface area contributed by atoms with Gasteiger partial charge in [-0.15, -0.1) is 0 Å². The second-order valence-electron chi connectivity index (χ2n) is 4.64. The van der Waals surface area contributed by atoms with E-state index in [9.17, 15) is 0 Å². The number of rotatable bonds is 4. The third-order valence-corrected chi connectivity index (χ3v) is 3.44. The number of aliphatic hydroxyl groups is 1. The van der Waals surface area contributed by atoms with Crippen molar-refractivity contribution in [1.29, 1.82) is 0 Å². The van der Waals surface area contributed by atoms with Gasteiger partial charge in [0, 0.05) is 12.3 Å². The van der Waals surface area contributed by atoms with Crippen molar-refractivity contribution in [2.45, 2.75) is 18.2 Å². The molecule has 1 aromatic rings. The van der Waals surface area contributed by atoms with Gasteiger partial charge in [0.1, 0.15) is 6.10 Å². The van der Waals surface area contributed by atoms with Crippen molar-refractivity contribution in [2.24, 2.45) is 0 Å². The lowest BCUT2D eigenvalue weighted by Crippen LogP contribution is -2.45. The molecule has 1 saturated heterocycles. The Morgan fingerprint density at radius 2 is 2.21 bits per heavy atom. The molecule has 4 heteroatoms. The molecule has 0 spiro atoms. The van der Waals surface area contributed by atoms with Crippen LogP contribution >= 0.6 is 0 Å². The van der Waals surface area contributed by atoms with Crippen molar-refractivity contribution >= 4 is 5.69 Å². The molecule has 1 fully saturated rings. The molecule has 0 saturated carbocycles. The zero-order chi connectivity index (χ0) is 13.1. The zero-order valence-electron chi connectivity index (χ0n) is 10.6. The van der Waals surface area contributed by atoms with E-state index in [0.29, 0.717) is 6.42 Å². The Morgan fingerprint density at radius 1 is 1.32 bits per heavy atom.